The summed E-state index contributed by atoms with van der Waals surface area (Å²) >= 11 is 6.27. The van der Waals surface area contributed by atoms with E-state index in [1.807, 2.05) is 61.4 Å². The molecule has 2 atom stereocenters. The smallest absolute Gasteiger partial charge is 0.251 e. The molecule has 1 unspecified atom stereocenters. The highest BCUT2D eigenvalue weighted by molar-refractivity contribution is 6.43. The van der Waals surface area contributed by atoms with Gasteiger partial charge in [0.05, 0.1) is 29.3 Å². The number of hydrogen-bond acceptors (Lipinski definition) is 6. The molecule has 7 nitrogen and oxygen atoms in total. The molecule has 1 amide bonds. The number of hydrogen-bond donors (Lipinski definition) is 2. The minimum absolute atomic E-state index is 0.00358. The van der Waals surface area contributed by atoms with E-state index in [9.17, 15) is 15.2 Å². The Bertz CT molecular complexity index is 1240. The first kappa shape index (κ1) is 25.5. The zero-order chi connectivity index (χ0) is 25.7. The van der Waals surface area contributed by atoms with Gasteiger partial charge in [-0.3, -0.25) is 9.79 Å². The first-order valence-electron chi connectivity index (χ1n) is 12.0. The average molecular weight is 505 g/mol. The molecule has 0 spiro atoms. The molecular formula is C28H29ClN4O3. The maximum atomic E-state index is 12.9. The molecule has 4 rings (SSSR count). The largest absolute Gasteiger partial charge is 0.490 e. The highest BCUT2D eigenvalue weighted by atomic mass is 35.5. The number of carbonyl (C=O) groups is 1. The summed E-state index contributed by atoms with van der Waals surface area (Å²) < 4.78 is 5.64. The molecule has 2 aliphatic rings. The minimum atomic E-state index is -0.297. The molecule has 0 saturated heterocycles. The van der Waals surface area contributed by atoms with Gasteiger partial charge < -0.3 is 20.1 Å². The molecule has 0 aliphatic carbocycles. The minimum Gasteiger partial charge on any atom is -0.490 e. The topological polar surface area (TPSA) is 97.9 Å². The number of ether oxygens (including phenoxy) is 1. The van der Waals surface area contributed by atoms with Crippen LogP contribution >= 0.6 is 11.6 Å². The monoisotopic (exact) mass is 504 g/mol. The molecule has 8 heteroatoms. The number of nitriles is 1. The fourth-order valence-corrected chi connectivity index (χ4v) is 4.51. The van der Waals surface area contributed by atoms with Crippen molar-refractivity contribution in [3.63, 3.8) is 0 Å². The molecule has 0 bridgehead atoms. The number of fused-ring (bicyclic) bond motifs is 1. The number of aliphatic hydroxyl groups is 1. The van der Waals surface area contributed by atoms with E-state index in [4.69, 9.17) is 21.3 Å². The number of aliphatic hydroxyl groups excluding tert-OH is 1. The lowest BCUT2D eigenvalue weighted by Crippen LogP contribution is -2.37. The summed E-state index contributed by atoms with van der Waals surface area (Å²) in [6.45, 7) is 4.45. The quantitative estimate of drug-likeness (QED) is 0.525. The van der Waals surface area contributed by atoms with Crippen LogP contribution in [0.2, 0.25) is 0 Å². The van der Waals surface area contributed by atoms with Crippen LogP contribution in [0.5, 0.6) is 5.75 Å². The predicted molar refractivity (Wildman–Crippen MR) is 140 cm³/mol. The number of carbonyl (C=O) groups excluding carboxylic acids is 1. The van der Waals surface area contributed by atoms with Gasteiger partial charge in [-0.05, 0) is 68.2 Å². The number of allylic oxidation sites excluding steroid dienone is 2. The Morgan fingerprint density at radius 1 is 1.31 bits per heavy atom. The third-order valence-electron chi connectivity index (χ3n) is 6.03. The maximum Gasteiger partial charge on any atom is 0.251 e. The second-order valence-corrected chi connectivity index (χ2v) is 9.50. The van der Waals surface area contributed by atoms with Crippen molar-refractivity contribution in [3.8, 4) is 11.8 Å². The first-order valence-corrected chi connectivity index (χ1v) is 12.4. The summed E-state index contributed by atoms with van der Waals surface area (Å²) in [7, 11) is 0. The maximum absolute atomic E-state index is 12.9. The van der Waals surface area contributed by atoms with Gasteiger partial charge in [-0.2, -0.15) is 5.26 Å². The van der Waals surface area contributed by atoms with Crippen LogP contribution in [0.15, 0.2) is 70.8 Å². The van der Waals surface area contributed by atoms with E-state index in [1.54, 1.807) is 12.1 Å². The van der Waals surface area contributed by atoms with Gasteiger partial charge in [-0.15, -0.1) is 0 Å². The van der Waals surface area contributed by atoms with Crippen molar-refractivity contribution in [1.29, 1.82) is 5.26 Å². The van der Waals surface area contributed by atoms with Gasteiger partial charge in [0, 0.05) is 24.4 Å². The summed E-state index contributed by atoms with van der Waals surface area (Å²) in [5.41, 5.74) is 2.81. The van der Waals surface area contributed by atoms with Gasteiger partial charge in [0.25, 0.3) is 5.91 Å². The lowest BCUT2D eigenvalue weighted by molar-refractivity contribution is 0.0930. The Hall–Kier alpha value is -3.60. The fourth-order valence-electron chi connectivity index (χ4n) is 4.28. The molecule has 186 valence electrons. The fraction of sp³-hybridized carbons (Fsp3) is 0.321. The SMILES string of the molecule is CC(C)Oc1ccc(C(=O)N[C@H](CCO)Cc2ccc(C3CN4C=CC=C(Cl)C4=N3)cc2)cc1C#N. The zero-order valence-corrected chi connectivity index (χ0v) is 21.1. The van der Waals surface area contributed by atoms with Gasteiger partial charge in [0.1, 0.15) is 17.7 Å². The van der Waals surface area contributed by atoms with Crippen molar-refractivity contribution in [2.75, 3.05) is 13.2 Å². The van der Waals surface area contributed by atoms with E-state index in [2.05, 4.69) is 11.4 Å². The second kappa shape index (κ2) is 11.4. The van der Waals surface area contributed by atoms with Crippen molar-refractivity contribution in [2.45, 2.75) is 44.9 Å². The molecule has 36 heavy (non-hydrogen) atoms. The Morgan fingerprint density at radius 3 is 2.75 bits per heavy atom. The second-order valence-electron chi connectivity index (χ2n) is 9.09. The van der Waals surface area contributed by atoms with E-state index in [-0.39, 0.29) is 30.7 Å². The summed E-state index contributed by atoms with van der Waals surface area (Å²) in [6, 6.07) is 14.8. The molecular weight excluding hydrogens is 476 g/mol. The molecule has 2 heterocycles. The van der Waals surface area contributed by atoms with E-state index >= 15 is 0 Å². The molecule has 2 aromatic rings. The number of nitrogens with zero attached hydrogens (tertiary/aromatic N) is 3. The number of benzene rings is 2. The lowest BCUT2D eigenvalue weighted by atomic mass is 9.99. The van der Waals surface area contributed by atoms with Gasteiger partial charge in [-0.25, -0.2) is 0 Å². The van der Waals surface area contributed by atoms with Crippen LogP contribution in [-0.4, -0.2) is 47.0 Å². The third-order valence-corrected chi connectivity index (χ3v) is 6.32. The molecule has 0 fully saturated rings. The summed E-state index contributed by atoms with van der Waals surface area (Å²) in [6.07, 6.45) is 6.63. The highest BCUT2D eigenvalue weighted by Gasteiger charge is 2.27. The molecule has 2 aromatic carbocycles. The number of amidine groups is 1. The van der Waals surface area contributed by atoms with Crippen molar-refractivity contribution in [2.24, 2.45) is 4.99 Å². The van der Waals surface area contributed by atoms with Crippen molar-refractivity contribution < 1.29 is 14.6 Å². The van der Waals surface area contributed by atoms with Crippen molar-refractivity contribution in [3.05, 3.63) is 88.1 Å². The van der Waals surface area contributed by atoms with E-state index in [1.165, 1.54) is 6.07 Å². The van der Waals surface area contributed by atoms with Crippen LogP contribution in [0.4, 0.5) is 0 Å². The van der Waals surface area contributed by atoms with Gasteiger partial charge in [0.2, 0.25) is 0 Å². The van der Waals surface area contributed by atoms with Crippen molar-refractivity contribution >= 4 is 23.3 Å². The van der Waals surface area contributed by atoms with Gasteiger partial charge in [-0.1, -0.05) is 35.9 Å². The van der Waals surface area contributed by atoms with E-state index in [0.717, 1.165) is 23.5 Å². The summed E-state index contributed by atoms with van der Waals surface area (Å²) in [4.78, 5) is 19.7. The summed E-state index contributed by atoms with van der Waals surface area (Å²) in [5, 5.41) is 22.7. The predicted octanol–water partition coefficient (Wildman–Crippen LogP) is 4.47. The Morgan fingerprint density at radius 2 is 2.08 bits per heavy atom. The molecule has 0 radical (unpaired) electrons. The summed E-state index contributed by atoms with van der Waals surface area (Å²) in [5.74, 6) is 0.949. The number of halogens is 1. The molecule has 2 N–H and O–H groups in total. The van der Waals surface area contributed by atoms with Crippen LogP contribution in [0.3, 0.4) is 0 Å². The molecule has 2 aliphatic heterocycles. The Labute approximate surface area is 216 Å². The zero-order valence-electron chi connectivity index (χ0n) is 20.3. The van der Waals surface area contributed by atoms with Gasteiger partial charge in [0.15, 0.2) is 0 Å². The molecule has 0 aromatic heterocycles. The average Bonchev–Trinajstić information content (AvgIpc) is 3.30. The Balaban J connectivity index is 1.41. The number of rotatable bonds is 9. The third kappa shape index (κ3) is 5.96. The van der Waals surface area contributed by atoms with E-state index in [0.29, 0.717) is 34.8 Å². The number of amides is 1. The molecule has 0 saturated carbocycles. The van der Waals surface area contributed by atoms with Crippen LogP contribution in [0, 0.1) is 11.3 Å². The van der Waals surface area contributed by atoms with Crippen LogP contribution in [0.1, 0.15) is 53.4 Å². The lowest BCUT2D eigenvalue weighted by Gasteiger charge is -2.19. The number of nitrogens with one attached hydrogen (secondary N) is 1. The van der Waals surface area contributed by atoms with E-state index < -0.39 is 0 Å². The Kier molecular flexibility index (Phi) is 8.09. The van der Waals surface area contributed by atoms with Gasteiger partial charge >= 0.3 is 0 Å². The first-order chi connectivity index (χ1) is 17.4. The normalized spacial score (nSPS) is 17.2. The number of aliphatic imine (C=N–C) groups is 1. The van der Waals surface area contributed by atoms with Crippen LogP contribution in [0.25, 0.3) is 0 Å². The van der Waals surface area contributed by atoms with Crippen LogP contribution in [-0.2, 0) is 6.42 Å². The van der Waals surface area contributed by atoms with Crippen LogP contribution < -0.4 is 10.1 Å². The highest BCUT2D eigenvalue weighted by Crippen LogP contribution is 2.30. The van der Waals surface area contributed by atoms with Crippen molar-refractivity contribution in [1.82, 2.24) is 10.2 Å². The standard InChI is InChI=1S/C28H29ClN4O3/c1-18(2)36-26-10-9-21(15-22(26)16-30)28(35)31-23(11-13-34)14-19-5-7-20(8-6-19)25-17-33-12-3-4-24(29)27(33)32-25/h3-10,12,15,18,23,25,34H,11,13-14,17H2,1-2H3,(H,31,35)/t23-,25?/m1/s1.